The van der Waals surface area contributed by atoms with Gasteiger partial charge >= 0.3 is 0 Å². The van der Waals surface area contributed by atoms with Crippen LogP contribution in [-0.4, -0.2) is 5.91 Å². The Balaban J connectivity index is 1.53. The summed E-state index contributed by atoms with van der Waals surface area (Å²) < 4.78 is 6.07. The van der Waals surface area contributed by atoms with Crippen LogP contribution in [0.25, 0.3) is 11.1 Å². The predicted octanol–water partition coefficient (Wildman–Crippen LogP) is 6.55. The maximum atomic E-state index is 11.7. The minimum absolute atomic E-state index is 0.341. The van der Waals surface area contributed by atoms with Gasteiger partial charge in [-0.05, 0) is 83.8 Å². The molecule has 0 aromatic heterocycles. The summed E-state index contributed by atoms with van der Waals surface area (Å²) in [6.07, 6.45) is 7.45. The molecule has 4 rings (SSSR count). The summed E-state index contributed by atoms with van der Waals surface area (Å²) in [5.41, 5.74) is 10.2. The fourth-order valence-electron chi connectivity index (χ4n) is 4.00. The van der Waals surface area contributed by atoms with Gasteiger partial charge < -0.3 is 10.5 Å². The Labute approximate surface area is 182 Å². The van der Waals surface area contributed by atoms with Crippen molar-refractivity contribution in [2.45, 2.75) is 38.2 Å². The highest BCUT2D eigenvalue weighted by atomic mass is 35.5. The third kappa shape index (κ3) is 4.85. The normalized spacial score (nSPS) is 14.4. The van der Waals surface area contributed by atoms with Crippen molar-refractivity contribution in [3.63, 3.8) is 0 Å². The highest BCUT2D eigenvalue weighted by Gasteiger charge is 2.16. The zero-order chi connectivity index (χ0) is 20.9. The first-order chi connectivity index (χ1) is 14.6. The fourth-order valence-corrected chi connectivity index (χ4v) is 4.12. The number of benzene rings is 3. The monoisotopic (exact) mass is 418 g/mol. The van der Waals surface area contributed by atoms with Crippen LogP contribution in [-0.2, 0) is 6.61 Å². The molecule has 1 fully saturated rings. The van der Waals surface area contributed by atoms with E-state index in [4.69, 9.17) is 22.1 Å². The summed E-state index contributed by atoms with van der Waals surface area (Å²) in [5, 5.41) is 0.681. The van der Waals surface area contributed by atoms with Crippen LogP contribution in [0, 0.1) is 6.42 Å². The van der Waals surface area contributed by atoms with E-state index >= 15 is 0 Å². The molecule has 0 saturated heterocycles. The minimum Gasteiger partial charge on any atom is -0.489 e. The van der Waals surface area contributed by atoms with Gasteiger partial charge in [0.2, 0.25) is 5.91 Å². The third-order valence-electron chi connectivity index (χ3n) is 5.67. The number of amides is 1. The van der Waals surface area contributed by atoms with E-state index in [1.54, 1.807) is 12.1 Å². The molecule has 3 aromatic carbocycles. The van der Waals surface area contributed by atoms with Gasteiger partial charge in [-0.15, -0.1) is 0 Å². The van der Waals surface area contributed by atoms with Crippen LogP contribution in [0.2, 0.25) is 5.02 Å². The van der Waals surface area contributed by atoms with E-state index in [9.17, 15) is 4.79 Å². The van der Waals surface area contributed by atoms with E-state index in [1.165, 1.54) is 31.2 Å². The Morgan fingerprint density at radius 2 is 1.77 bits per heavy atom. The number of hydrogen-bond acceptors (Lipinski definition) is 2. The largest absolute Gasteiger partial charge is 0.489 e. The number of nitrogens with two attached hydrogens (primary N) is 1. The average Bonchev–Trinajstić information content (AvgIpc) is 2.79. The van der Waals surface area contributed by atoms with Crippen molar-refractivity contribution < 1.29 is 9.53 Å². The smallest absolute Gasteiger partial charge is 0.248 e. The van der Waals surface area contributed by atoms with Gasteiger partial charge in [0.1, 0.15) is 12.4 Å². The maximum absolute atomic E-state index is 11.7. The number of primary amides is 1. The van der Waals surface area contributed by atoms with Crippen LogP contribution in [0.3, 0.4) is 0 Å². The summed E-state index contributed by atoms with van der Waals surface area (Å²) in [5.74, 6) is 0.907. The molecule has 3 nitrogen and oxygen atoms in total. The summed E-state index contributed by atoms with van der Waals surface area (Å²) in [4.78, 5) is 11.7. The quantitative estimate of drug-likeness (QED) is 0.493. The van der Waals surface area contributed by atoms with E-state index in [0.717, 1.165) is 22.4 Å². The Kier molecular flexibility index (Phi) is 6.39. The second-order valence-corrected chi connectivity index (χ2v) is 8.16. The van der Waals surface area contributed by atoms with Crippen molar-refractivity contribution in [1.29, 1.82) is 0 Å². The van der Waals surface area contributed by atoms with Gasteiger partial charge in [0.05, 0.1) is 0 Å². The van der Waals surface area contributed by atoms with E-state index in [1.807, 2.05) is 42.5 Å². The zero-order valence-corrected chi connectivity index (χ0v) is 17.6. The molecule has 1 atom stereocenters. The van der Waals surface area contributed by atoms with E-state index < -0.39 is 5.91 Å². The van der Waals surface area contributed by atoms with Gasteiger partial charge in [0, 0.05) is 10.6 Å². The van der Waals surface area contributed by atoms with Crippen molar-refractivity contribution >= 4 is 17.5 Å². The first-order valence-corrected chi connectivity index (χ1v) is 10.7. The number of carbonyl (C=O) groups excluding carboxylic acids is 1. The summed E-state index contributed by atoms with van der Waals surface area (Å²) in [6.45, 7) is 0.341. The van der Waals surface area contributed by atoms with Crippen LogP contribution >= 0.6 is 11.6 Å². The number of ether oxygens (including phenoxy) is 1. The Hall–Kier alpha value is -2.78. The number of halogens is 1. The number of carbonyl (C=O) groups is 1. The van der Waals surface area contributed by atoms with Crippen LogP contribution in [0.1, 0.15) is 53.1 Å². The molecule has 1 radical (unpaired) electrons. The molecule has 0 aliphatic heterocycles. The van der Waals surface area contributed by atoms with Crippen LogP contribution < -0.4 is 10.5 Å². The molecule has 0 spiro atoms. The molecule has 30 heavy (non-hydrogen) atoms. The summed E-state index contributed by atoms with van der Waals surface area (Å²) in [6, 6.07) is 21.4. The van der Waals surface area contributed by atoms with Gasteiger partial charge in [0.25, 0.3) is 0 Å². The molecule has 1 saturated carbocycles. The molecular formula is C26H25ClNO2. The first kappa shape index (κ1) is 20.5. The van der Waals surface area contributed by atoms with Gasteiger partial charge in [-0.25, -0.2) is 0 Å². The van der Waals surface area contributed by atoms with Crippen molar-refractivity contribution in [3.05, 3.63) is 94.9 Å². The lowest BCUT2D eigenvalue weighted by Crippen LogP contribution is -2.12. The lowest BCUT2D eigenvalue weighted by atomic mass is 9.84. The van der Waals surface area contributed by atoms with E-state index in [-0.39, 0.29) is 0 Å². The molecule has 0 bridgehead atoms. The van der Waals surface area contributed by atoms with Gasteiger partial charge in [-0.3, -0.25) is 4.79 Å². The highest BCUT2D eigenvalue weighted by Crippen LogP contribution is 2.33. The molecular weight excluding hydrogens is 394 g/mol. The standard InChI is InChI=1S/C26H25ClNO2/c27-23-11-6-20(7-12-23)25-15-10-21(26(28)29)16-22(25)17-30-24-13-8-19(9-14-24)18-4-2-1-3-5-18/h4,6-16,18H,1-3,5,17H2,(H2,28,29). The molecule has 4 heteroatoms. The molecule has 153 valence electrons. The molecule has 3 aromatic rings. The Bertz CT molecular complexity index is 1010. The van der Waals surface area contributed by atoms with Crippen LogP contribution in [0.5, 0.6) is 5.75 Å². The highest BCUT2D eigenvalue weighted by molar-refractivity contribution is 6.30. The Morgan fingerprint density at radius 1 is 1.00 bits per heavy atom. The molecule has 1 aliphatic rings. The number of rotatable bonds is 6. The molecule has 1 unspecified atom stereocenters. The van der Waals surface area contributed by atoms with Crippen molar-refractivity contribution in [1.82, 2.24) is 0 Å². The summed E-state index contributed by atoms with van der Waals surface area (Å²) in [7, 11) is 0. The van der Waals surface area contributed by atoms with Crippen LogP contribution in [0.15, 0.2) is 66.7 Å². The van der Waals surface area contributed by atoms with Crippen molar-refractivity contribution in [2.24, 2.45) is 5.73 Å². The van der Waals surface area contributed by atoms with Crippen molar-refractivity contribution in [3.8, 4) is 16.9 Å². The lowest BCUT2D eigenvalue weighted by Gasteiger charge is -2.21. The van der Waals surface area contributed by atoms with E-state index in [0.29, 0.717) is 23.1 Å². The first-order valence-electron chi connectivity index (χ1n) is 10.3. The molecule has 2 N–H and O–H groups in total. The third-order valence-corrected chi connectivity index (χ3v) is 5.92. The van der Waals surface area contributed by atoms with Gasteiger partial charge in [-0.1, -0.05) is 54.8 Å². The van der Waals surface area contributed by atoms with Gasteiger partial charge in [0.15, 0.2) is 0 Å². The Morgan fingerprint density at radius 3 is 2.43 bits per heavy atom. The zero-order valence-electron chi connectivity index (χ0n) is 16.8. The van der Waals surface area contributed by atoms with Crippen molar-refractivity contribution in [2.75, 3.05) is 0 Å². The molecule has 1 aliphatic carbocycles. The lowest BCUT2D eigenvalue weighted by molar-refractivity contribution is 0.1000. The van der Waals surface area contributed by atoms with E-state index in [2.05, 4.69) is 18.6 Å². The van der Waals surface area contributed by atoms with Gasteiger partial charge in [-0.2, -0.15) is 0 Å². The molecule has 0 heterocycles. The second kappa shape index (κ2) is 9.36. The minimum atomic E-state index is -0.452. The topological polar surface area (TPSA) is 52.3 Å². The van der Waals surface area contributed by atoms with Crippen LogP contribution in [0.4, 0.5) is 0 Å². The SMILES string of the molecule is NC(=O)c1ccc(-c2ccc(Cl)cc2)c(COc2ccc(C3[CH]CCCC3)cc2)c1. The fraction of sp³-hybridized carbons (Fsp3) is 0.231. The molecule has 1 amide bonds. The summed E-state index contributed by atoms with van der Waals surface area (Å²) >= 11 is 6.03. The average molecular weight is 419 g/mol. The second-order valence-electron chi connectivity index (χ2n) is 7.73. The maximum Gasteiger partial charge on any atom is 0.248 e. The predicted molar refractivity (Wildman–Crippen MR) is 122 cm³/mol. The number of hydrogen-bond donors (Lipinski definition) is 1.